The second-order valence-electron chi connectivity index (χ2n) is 10.1. The van der Waals surface area contributed by atoms with Crippen molar-refractivity contribution in [2.75, 3.05) is 18.5 Å². The standard InChI is InChI=1S/C29H27Br2N3O5/c1-2-38-24-15-18(14-21(31)26(24)39-16-17-9-11-19(30)12-10-17)25-23-8-5-13-33(23)29(27(25)34(36)37)20-6-3-4-7-22(20)32-28(29)35/h3-4,6-7,9-12,14-15,23,25,27H,2,5,8,13,16H2,1H3,(H,32,35)/t23-,25+,27-,29+/m0/s1. The summed E-state index contributed by atoms with van der Waals surface area (Å²) in [7, 11) is 0. The average molecular weight is 657 g/mol. The molecule has 0 radical (unpaired) electrons. The Morgan fingerprint density at radius 2 is 1.90 bits per heavy atom. The molecule has 3 aliphatic heterocycles. The van der Waals surface area contributed by atoms with Gasteiger partial charge < -0.3 is 14.8 Å². The molecule has 3 aliphatic rings. The molecule has 6 rings (SSSR count). The van der Waals surface area contributed by atoms with Crippen molar-refractivity contribution >= 4 is 43.5 Å². The Hall–Kier alpha value is -2.95. The molecule has 0 aromatic heterocycles. The number of carbonyl (C=O) groups is 1. The van der Waals surface area contributed by atoms with Gasteiger partial charge in [0, 0.05) is 33.2 Å². The molecule has 10 heteroatoms. The lowest BCUT2D eigenvalue weighted by molar-refractivity contribution is -0.534. The van der Waals surface area contributed by atoms with Crippen LogP contribution in [0.2, 0.25) is 0 Å². The number of fused-ring (bicyclic) bond motifs is 4. The minimum Gasteiger partial charge on any atom is -0.490 e. The SMILES string of the molecule is CCOc1cc([C@H]2[C@H]([N+](=O)[O-])[C@]3(C(=O)Nc4ccccc43)N3CCC[C@@H]23)cc(Br)c1OCc1ccc(Br)cc1. The molecule has 202 valence electrons. The first kappa shape index (κ1) is 26.3. The van der Waals surface area contributed by atoms with E-state index in [1.807, 2.05) is 67.6 Å². The number of hydrogen-bond acceptors (Lipinski definition) is 6. The third kappa shape index (κ3) is 4.15. The van der Waals surface area contributed by atoms with Crippen LogP contribution in [0.4, 0.5) is 5.69 Å². The second kappa shape index (κ2) is 10.2. The molecule has 3 aromatic carbocycles. The highest BCUT2D eigenvalue weighted by atomic mass is 79.9. The van der Waals surface area contributed by atoms with Gasteiger partial charge in [-0.2, -0.15) is 0 Å². The molecule has 2 saturated heterocycles. The minimum absolute atomic E-state index is 0.159. The maximum atomic E-state index is 13.7. The smallest absolute Gasteiger partial charge is 0.256 e. The number of nitrogens with one attached hydrogen (secondary N) is 1. The molecule has 0 saturated carbocycles. The van der Waals surface area contributed by atoms with Crippen LogP contribution in [-0.4, -0.2) is 41.0 Å². The topological polar surface area (TPSA) is 93.9 Å². The van der Waals surface area contributed by atoms with Crippen molar-refractivity contribution in [2.24, 2.45) is 0 Å². The van der Waals surface area contributed by atoms with Gasteiger partial charge in [0.1, 0.15) is 6.61 Å². The van der Waals surface area contributed by atoms with Crippen molar-refractivity contribution in [1.29, 1.82) is 0 Å². The predicted octanol–water partition coefficient (Wildman–Crippen LogP) is 6.24. The van der Waals surface area contributed by atoms with Crippen LogP contribution >= 0.6 is 31.9 Å². The van der Waals surface area contributed by atoms with E-state index in [9.17, 15) is 14.9 Å². The first-order chi connectivity index (χ1) is 18.9. The van der Waals surface area contributed by atoms with Crippen LogP contribution in [0, 0.1) is 10.1 Å². The molecular weight excluding hydrogens is 630 g/mol. The fourth-order valence-electron chi connectivity index (χ4n) is 6.69. The number of ether oxygens (including phenoxy) is 2. The molecule has 1 amide bonds. The van der Waals surface area contributed by atoms with Crippen molar-refractivity contribution in [3.63, 3.8) is 0 Å². The lowest BCUT2D eigenvalue weighted by Crippen LogP contribution is -2.55. The number of para-hydroxylation sites is 1. The van der Waals surface area contributed by atoms with Crippen LogP contribution in [0.15, 0.2) is 69.6 Å². The van der Waals surface area contributed by atoms with Gasteiger partial charge in [0.05, 0.1) is 17.0 Å². The summed E-state index contributed by atoms with van der Waals surface area (Å²) in [5, 5.41) is 15.9. The van der Waals surface area contributed by atoms with E-state index in [4.69, 9.17) is 9.47 Å². The number of anilines is 1. The third-order valence-corrected chi connectivity index (χ3v) is 9.22. The highest BCUT2D eigenvalue weighted by Gasteiger charge is 2.73. The Bertz CT molecular complexity index is 1450. The Balaban J connectivity index is 1.43. The van der Waals surface area contributed by atoms with Crippen LogP contribution in [-0.2, 0) is 16.9 Å². The predicted molar refractivity (Wildman–Crippen MR) is 154 cm³/mol. The van der Waals surface area contributed by atoms with Crippen molar-refractivity contribution in [2.45, 2.75) is 49.9 Å². The zero-order valence-corrected chi connectivity index (χ0v) is 24.4. The van der Waals surface area contributed by atoms with Crippen LogP contribution in [0.25, 0.3) is 0 Å². The van der Waals surface area contributed by atoms with Crippen molar-refractivity contribution in [3.05, 3.63) is 96.4 Å². The molecular formula is C29H27Br2N3O5. The van der Waals surface area contributed by atoms with Crippen molar-refractivity contribution in [3.8, 4) is 11.5 Å². The fraction of sp³-hybridized carbons (Fsp3) is 0.345. The van der Waals surface area contributed by atoms with Gasteiger partial charge in [-0.05, 0) is 77.2 Å². The van der Waals surface area contributed by atoms with Crippen molar-refractivity contribution in [1.82, 2.24) is 4.90 Å². The molecule has 0 bridgehead atoms. The Morgan fingerprint density at radius 1 is 1.13 bits per heavy atom. The number of hydrogen-bond donors (Lipinski definition) is 1. The van der Waals surface area contributed by atoms with Crippen LogP contribution in [0.3, 0.4) is 0 Å². The maximum absolute atomic E-state index is 13.7. The summed E-state index contributed by atoms with van der Waals surface area (Å²) in [4.78, 5) is 28.4. The van der Waals surface area contributed by atoms with Gasteiger partial charge in [-0.25, -0.2) is 0 Å². The zero-order chi connectivity index (χ0) is 27.3. The molecule has 1 spiro atoms. The molecule has 0 aliphatic carbocycles. The number of rotatable bonds is 7. The lowest BCUT2D eigenvalue weighted by Gasteiger charge is -2.32. The monoisotopic (exact) mass is 655 g/mol. The molecule has 4 atom stereocenters. The Labute approximate surface area is 243 Å². The van der Waals surface area contributed by atoms with Gasteiger partial charge >= 0.3 is 0 Å². The zero-order valence-electron chi connectivity index (χ0n) is 21.2. The van der Waals surface area contributed by atoms with E-state index >= 15 is 0 Å². The van der Waals surface area contributed by atoms with E-state index in [-0.39, 0.29) is 16.9 Å². The van der Waals surface area contributed by atoms with Gasteiger partial charge in [0.2, 0.25) is 0 Å². The Kier molecular flexibility index (Phi) is 6.89. The van der Waals surface area contributed by atoms with E-state index in [0.29, 0.717) is 47.0 Å². The highest BCUT2D eigenvalue weighted by molar-refractivity contribution is 9.10. The second-order valence-corrected chi connectivity index (χ2v) is 11.9. The summed E-state index contributed by atoms with van der Waals surface area (Å²) < 4.78 is 13.8. The number of nitro groups is 1. The van der Waals surface area contributed by atoms with Crippen LogP contribution < -0.4 is 14.8 Å². The summed E-state index contributed by atoms with van der Waals surface area (Å²) in [6.07, 6.45) is 1.65. The number of halogens is 2. The summed E-state index contributed by atoms with van der Waals surface area (Å²) in [6, 6.07) is 17.7. The summed E-state index contributed by atoms with van der Waals surface area (Å²) >= 11 is 7.12. The van der Waals surface area contributed by atoms with E-state index in [2.05, 4.69) is 42.1 Å². The van der Waals surface area contributed by atoms with E-state index in [1.165, 1.54) is 0 Å². The first-order valence-corrected chi connectivity index (χ1v) is 14.6. The largest absolute Gasteiger partial charge is 0.490 e. The first-order valence-electron chi connectivity index (χ1n) is 13.0. The molecule has 1 N–H and O–H groups in total. The highest BCUT2D eigenvalue weighted by Crippen LogP contribution is 2.58. The summed E-state index contributed by atoms with van der Waals surface area (Å²) in [5.41, 5.74) is 1.73. The van der Waals surface area contributed by atoms with Gasteiger partial charge in [-0.1, -0.05) is 46.3 Å². The minimum atomic E-state index is -1.36. The quantitative estimate of drug-likeness (QED) is 0.239. The summed E-state index contributed by atoms with van der Waals surface area (Å²) in [6.45, 7) is 3.26. The molecule has 3 heterocycles. The number of benzene rings is 3. The van der Waals surface area contributed by atoms with Crippen molar-refractivity contribution < 1.29 is 19.2 Å². The maximum Gasteiger partial charge on any atom is 0.256 e. The van der Waals surface area contributed by atoms with Gasteiger partial charge in [-0.15, -0.1) is 0 Å². The van der Waals surface area contributed by atoms with Crippen LogP contribution in [0.1, 0.15) is 42.4 Å². The van der Waals surface area contributed by atoms with E-state index in [0.717, 1.165) is 28.4 Å². The van der Waals surface area contributed by atoms with Gasteiger partial charge in [-0.3, -0.25) is 19.8 Å². The van der Waals surface area contributed by atoms with Crippen LogP contribution in [0.5, 0.6) is 11.5 Å². The van der Waals surface area contributed by atoms with E-state index in [1.54, 1.807) is 0 Å². The number of nitrogens with zero attached hydrogens (tertiary/aromatic N) is 2. The number of carbonyl (C=O) groups excluding carboxylic acids is 1. The van der Waals surface area contributed by atoms with Gasteiger partial charge in [0.25, 0.3) is 11.9 Å². The third-order valence-electron chi connectivity index (χ3n) is 8.11. The molecule has 3 aromatic rings. The number of amides is 1. The molecule has 0 unspecified atom stereocenters. The lowest BCUT2D eigenvalue weighted by atomic mass is 9.77. The molecule has 39 heavy (non-hydrogen) atoms. The normalized spacial score (nSPS) is 25.4. The fourth-order valence-corrected chi connectivity index (χ4v) is 7.53. The van der Waals surface area contributed by atoms with Gasteiger partial charge in [0.15, 0.2) is 17.0 Å². The molecule has 8 nitrogen and oxygen atoms in total. The molecule has 2 fully saturated rings. The summed E-state index contributed by atoms with van der Waals surface area (Å²) in [5.74, 6) is 0.220. The Morgan fingerprint density at radius 3 is 2.64 bits per heavy atom. The average Bonchev–Trinajstić information content (AvgIpc) is 3.57. The van der Waals surface area contributed by atoms with E-state index < -0.39 is 17.5 Å².